The first kappa shape index (κ1) is 13.7. The largest absolute Gasteiger partial charge is 0.492 e. The molecule has 0 radical (unpaired) electrons. The normalized spacial score (nSPS) is 10.9. The van der Waals surface area contributed by atoms with Crippen molar-refractivity contribution >= 4 is 17.3 Å². The molecule has 0 aliphatic carbocycles. The van der Waals surface area contributed by atoms with Crippen molar-refractivity contribution in [3.05, 3.63) is 23.2 Å². The number of anilines is 1. The Morgan fingerprint density at radius 3 is 2.76 bits per heavy atom. The van der Waals surface area contributed by atoms with E-state index in [0.717, 1.165) is 12.8 Å². The van der Waals surface area contributed by atoms with Crippen LogP contribution in [0.25, 0.3) is 0 Å². The molecule has 0 fully saturated rings. The summed E-state index contributed by atoms with van der Waals surface area (Å²) < 4.78 is 5.53. The fourth-order valence-electron chi connectivity index (χ4n) is 1.39. The standard InChI is InChI=1S/C13H17ClN2O/c1-13(2,9-15)6-3-7-17-12-5-4-10(16)8-11(12)14/h4-5,8H,3,6-7,16H2,1-2H3. The number of ether oxygens (including phenoxy) is 1. The summed E-state index contributed by atoms with van der Waals surface area (Å²) in [4.78, 5) is 0. The third kappa shape index (κ3) is 4.54. The van der Waals surface area contributed by atoms with Gasteiger partial charge >= 0.3 is 0 Å². The summed E-state index contributed by atoms with van der Waals surface area (Å²) in [7, 11) is 0. The molecule has 1 rings (SSSR count). The number of halogens is 1. The number of nitrogens with zero attached hydrogens (tertiary/aromatic N) is 1. The maximum Gasteiger partial charge on any atom is 0.138 e. The van der Waals surface area contributed by atoms with Crippen LogP contribution in [0, 0.1) is 16.7 Å². The van der Waals surface area contributed by atoms with Crippen molar-refractivity contribution in [1.82, 2.24) is 0 Å². The van der Waals surface area contributed by atoms with Crippen LogP contribution in [0.15, 0.2) is 18.2 Å². The first-order valence-corrected chi connectivity index (χ1v) is 5.91. The maximum atomic E-state index is 8.86. The molecule has 0 unspecified atom stereocenters. The van der Waals surface area contributed by atoms with Gasteiger partial charge in [-0.3, -0.25) is 0 Å². The van der Waals surface area contributed by atoms with Gasteiger partial charge in [0.1, 0.15) is 5.75 Å². The summed E-state index contributed by atoms with van der Waals surface area (Å²) in [6.45, 7) is 4.39. The van der Waals surface area contributed by atoms with Gasteiger partial charge in [-0.15, -0.1) is 0 Å². The number of hydrogen-bond donors (Lipinski definition) is 1. The average Bonchev–Trinajstić information content (AvgIpc) is 2.27. The maximum absolute atomic E-state index is 8.86. The Morgan fingerprint density at radius 1 is 1.47 bits per heavy atom. The third-order valence-corrected chi connectivity index (χ3v) is 2.76. The van der Waals surface area contributed by atoms with Gasteiger partial charge in [0.25, 0.3) is 0 Å². The van der Waals surface area contributed by atoms with E-state index in [4.69, 9.17) is 27.3 Å². The van der Waals surface area contributed by atoms with E-state index in [2.05, 4.69) is 6.07 Å². The molecular weight excluding hydrogens is 236 g/mol. The highest BCUT2D eigenvalue weighted by atomic mass is 35.5. The first-order valence-electron chi connectivity index (χ1n) is 5.54. The van der Waals surface area contributed by atoms with E-state index in [9.17, 15) is 0 Å². The molecule has 0 saturated heterocycles. The summed E-state index contributed by atoms with van der Waals surface area (Å²) in [6, 6.07) is 7.43. The van der Waals surface area contributed by atoms with Gasteiger partial charge in [-0.2, -0.15) is 5.26 Å². The summed E-state index contributed by atoms with van der Waals surface area (Å²) >= 11 is 5.97. The van der Waals surface area contributed by atoms with Crippen LogP contribution in [0.4, 0.5) is 5.69 Å². The summed E-state index contributed by atoms with van der Waals surface area (Å²) in [5.41, 5.74) is 5.90. The Bertz CT molecular complexity index is 424. The van der Waals surface area contributed by atoms with Crippen LogP contribution in [-0.4, -0.2) is 6.61 Å². The summed E-state index contributed by atoms with van der Waals surface area (Å²) in [5, 5.41) is 9.38. The topological polar surface area (TPSA) is 59.0 Å². The van der Waals surface area contributed by atoms with Gasteiger partial charge in [0.05, 0.1) is 23.1 Å². The van der Waals surface area contributed by atoms with Gasteiger partial charge in [0.2, 0.25) is 0 Å². The third-order valence-electron chi connectivity index (χ3n) is 2.46. The zero-order valence-electron chi connectivity index (χ0n) is 10.2. The molecule has 3 nitrogen and oxygen atoms in total. The Morgan fingerprint density at radius 2 is 2.18 bits per heavy atom. The van der Waals surface area contributed by atoms with Crippen LogP contribution >= 0.6 is 11.6 Å². The zero-order valence-corrected chi connectivity index (χ0v) is 10.9. The number of benzene rings is 1. The minimum Gasteiger partial charge on any atom is -0.492 e. The van der Waals surface area contributed by atoms with Crippen LogP contribution in [0.2, 0.25) is 5.02 Å². The molecular formula is C13H17ClN2O. The van der Waals surface area contributed by atoms with Crippen molar-refractivity contribution in [2.24, 2.45) is 5.41 Å². The molecule has 4 heteroatoms. The van der Waals surface area contributed by atoms with Gasteiger partial charge in [0, 0.05) is 5.69 Å². The molecule has 0 saturated carbocycles. The van der Waals surface area contributed by atoms with Gasteiger partial charge in [-0.05, 0) is 44.9 Å². The van der Waals surface area contributed by atoms with Gasteiger partial charge in [-0.1, -0.05) is 11.6 Å². The second-order valence-corrected chi connectivity index (χ2v) is 5.04. The highest BCUT2D eigenvalue weighted by Gasteiger charge is 2.15. The van der Waals surface area contributed by atoms with E-state index in [-0.39, 0.29) is 5.41 Å². The quantitative estimate of drug-likeness (QED) is 0.643. The van der Waals surface area contributed by atoms with Crippen molar-refractivity contribution < 1.29 is 4.74 Å². The lowest BCUT2D eigenvalue weighted by molar-refractivity contribution is 0.284. The number of hydrogen-bond acceptors (Lipinski definition) is 3. The van der Waals surface area contributed by atoms with E-state index in [1.54, 1.807) is 18.2 Å². The molecule has 0 aliphatic rings. The van der Waals surface area contributed by atoms with Gasteiger partial charge < -0.3 is 10.5 Å². The Kier molecular flexibility index (Phi) is 4.65. The molecule has 0 amide bonds. The molecule has 92 valence electrons. The van der Waals surface area contributed by atoms with Gasteiger partial charge in [0.15, 0.2) is 0 Å². The van der Waals surface area contributed by atoms with Crippen LogP contribution in [0.3, 0.4) is 0 Å². The van der Waals surface area contributed by atoms with Crippen LogP contribution in [0.1, 0.15) is 26.7 Å². The molecule has 0 spiro atoms. The number of nitrogen functional groups attached to an aromatic ring is 1. The predicted octanol–water partition coefficient (Wildman–Crippen LogP) is 3.63. The Labute approximate surface area is 107 Å². The van der Waals surface area contributed by atoms with Crippen LogP contribution < -0.4 is 10.5 Å². The molecule has 0 atom stereocenters. The Hall–Kier alpha value is -1.40. The monoisotopic (exact) mass is 252 g/mol. The molecule has 17 heavy (non-hydrogen) atoms. The van der Waals surface area contributed by atoms with Crippen LogP contribution in [-0.2, 0) is 0 Å². The fourth-order valence-corrected chi connectivity index (χ4v) is 1.63. The lowest BCUT2D eigenvalue weighted by Crippen LogP contribution is -2.10. The smallest absolute Gasteiger partial charge is 0.138 e. The molecule has 0 heterocycles. The molecule has 1 aromatic rings. The van der Waals surface area contributed by atoms with E-state index in [1.807, 2.05) is 13.8 Å². The lowest BCUT2D eigenvalue weighted by atomic mass is 9.90. The molecule has 0 bridgehead atoms. The Balaban J connectivity index is 2.39. The van der Waals surface area contributed by atoms with Crippen molar-refractivity contribution in [3.8, 4) is 11.8 Å². The summed E-state index contributed by atoms with van der Waals surface area (Å²) in [5.74, 6) is 0.635. The summed E-state index contributed by atoms with van der Waals surface area (Å²) in [6.07, 6.45) is 1.62. The fraction of sp³-hybridized carbons (Fsp3) is 0.462. The molecule has 0 aliphatic heterocycles. The molecule has 2 N–H and O–H groups in total. The minimum absolute atomic E-state index is 0.297. The molecule has 0 aromatic heterocycles. The highest BCUT2D eigenvalue weighted by Crippen LogP contribution is 2.27. The number of nitriles is 1. The van der Waals surface area contributed by atoms with Crippen molar-refractivity contribution in [3.63, 3.8) is 0 Å². The zero-order chi connectivity index (χ0) is 12.9. The first-order chi connectivity index (χ1) is 7.94. The van der Waals surface area contributed by atoms with Crippen LogP contribution in [0.5, 0.6) is 5.75 Å². The van der Waals surface area contributed by atoms with E-state index < -0.39 is 0 Å². The minimum atomic E-state index is -0.297. The number of rotatable bonds is 5. The average molecular weight is 253 g/mol. The van der Waals surface area contributed by atoms with Crippen molar-refractivity contribution in [1.29, 1.82) is 5.26 Å². The second-order valence-electron chi connectivity index (χ2n) is 4.64. The second kappa shape index (κ2) is 5.79. The van der Waals surface area contributed by atoms with Crippen molar-refractivity contribution in [2.45, 2.75) is 26.7 Å². The van der Waals surface area contributed by atoms with E-state index in [1.165, 1.54) is 0 Å². The SMILES string of the molecule is CC(C)(C#N)CCCOc1ccc(N)cc1Cl. The lowest BCUT2D eigenvalue weighted by Gasteiger charge is -2.15. The highest BCUT2D eigenvalue weighted by molar-refractivity contribution is 6.32. The molecule has 1 aromatic carbocycles. The van der Waals surface area contributed by atoms with E-state index in [0.29, 0.717) is 23.1 Å². The van der Waals surface area contributed by atoms with E-state index >= 15 is 0 Å². The number of nitrogens with two attached hydrogens (primary N) is 1. The predicted molar refractivity (Wildman–Crippen MR) is 70.0 cm³/mol. The van der Waals surface area contributed by atoms with Crippen molar-refractivity contribution in [2.75, 3.05) is 12.3 Å². The van der Waals surface area contributed by atoms with Gasteiger partial charge in [-0.25, -0.2) is 0 Å².